The second kappa shape index (κ2) is 6.53. The van der Waals surface area contributed by atoms with Crippen LogP contribution in [-0.2, 0) is 21.2 Å². The van der Waals surface area contributed by atoms with E-state index in [1.54, 1.807) is 11.1 Å². The Morgan fingerprint density at radius 2 is 2.00 bits per heavy atom. The summed E-state index contributed by atoms with van der Waals surface area (Å²) in [4.78, 5) is 20.1. The Bertz CT molecular complexity index is 581. The molecule has 2 rings (SSSR count). The number of hydrogen-bond acceptors (Lipinski definition) is 5. The van der Waals surface area contributed by atoms with Crippen molar-refractivity contribution in [1.29, 1.82) is 0 Å². The number of carbonyl (C=O) groups excluding carboxylic acids is 1. The van der Waals surface area contributed by atoms with E-state index in [0.717, 1.165) is 31.5 Å². The second-order valence-electron chi connectivity index (χ2n) is 5.43. The van der Waals surface area contributed by atoms with Gasteiger partial charge >= 0.3 is 0 Å². The Kier molecular flexibility index (Phi) is 4.95. The summed E-state index contributed by atoms with van der Waals surface area (Å²) in [6.45, 7) is 4.89. The summed E-state index contributed by atoms with van der Waals surface area (Å²) < 4.78 is 22.9. The van der Waals surface area contributed by atoms with Crippen LogP contribution in [0.2, 0.25) is 0 Å². The molecule has 0 unspecified atom stereocenters. The maximum atomic E-state index is 12.1. The Morgan fingerprint density at radius 1 is 1.33 bits per heavy atom. The molecule has 0 radical (unpaired) electrons. The first kappa shape index (κ1) is 15.9. The molecule has 0 spiro atoms. The van der Waals surface area contributed by atoms with Crippen molar-refractivity contribution < 1.29 is 13.2 Å². The van der Waals surface area contributed by atoms with Crippen molar-refractivity contribution in [3.63, 3.8) is 0 Å². The average Bonchev–Trinajstić information content (AvgIpc) is 2.46. The van der Waals surface area contributed by atoms with Crippen molar-refractivity contribution in [3.8, 4) is 0 Å². The average molecular weight is 311 g/mol. The van der Waals surface area contributed by atoms with Crippen molar-refractivity contribution in [2.45, 2.75) is 18.7 Å². The van der Waals surface area contributed by atoms with Gasteiger partial charge in [-0.1, -0.05) is 6.07 Å². The minimum atomic E-state index is -3.33. The van der Waals surface area contributed by atoms with E-state index >= 15 is 0 Å². The Balaban J connectivity index is 1.87. The number of carbonyl (C=O) groups is 1. The van der Waals surface area contributed by atoms with Gasteiger partial charge in [0.2, 0.25) is 5.91 Å². The molecule has 1 saturated heterocycles. The van der Waals surface area contributed by atoms with Crippen LogP contribution in [0.15, 0.2) is 24.5 Å². The van der Waals surface area contributed by atoms with Crippen LogP contribution < -0.4 is 0 Å². The fourth-order valence-corrected chi connectivity index (χ4v) is 2.83. The molecule has 1 amide bonds. The highest BCUT2D eigenvalue weighted by atomic mass is 32.2. The van der Waals surface area contributed by atoms with Crippen LogP contribution in [0.1, 0.15) is 12.5 Å². The lowest BCUT2D eigenvalue weighted by atomic mass is 10.2. The van der Waals surface area contributed by atoms with Gasteiger partial charge in [-0.3, -0.25) is 14.7 Å². The molecule has 1 aromatic rings. The zero-order chi connectivity index (χ0) is 15.5. The maximum absolute atomic E-state index is 12.1. The Labute approximate surface area is 125 Å². The molecule has 7 heteroatoms. The van der Waals surface area contributed by atoms with E-state index in [-0.39, 0.29) is 5.91 Å². The summed E-state index contributed by atoms with van der Waals surface area (Å²) in [5.74, 6) is -0.293. The Morgan fingerprint density at radius 3 is 2.52 bits per heavy atom. The van der Waals surface area contributed by atoms with E-state index in [2.05, 4.69) is 9.88 Å². The van der Waals surface area contributed by atoms with Crippen LogP contribution in [0, 0.1) is 0 Å². The van der Waals surface area contributed by atoms with Gasteiger partial charge in [-0.2, -0.15) is 0 Å². The SMILES string of the molecule is C[C@H](C(=O)N1CCN(Cc2cccnc2)CC1)S(C)(=O)=O. The van der Waals surface area contributed by atoms with Crippen molar-refractivity contribution in [2.24, 2.45) is 0 Å². The number of aromatic nitrogens is 1. The fourth-order valence-electron chi connectivity index (χ4n) is 2.32. The van der Waals surface area contributed by atoms with Crippen LogP contribution in [0.4, 0.5) is 0 Å². The molecule has 6 nitrogen and oxygen atoms in total. The normalized spacial score (nSPS) is 18.5. The number of sulfone groups is 1. The van der Waals surface area contributed by atoms with Crippen molar-refractivity contribution in [3.05, 3.63) is 30.1 Å². The molecule has 116 valence electrons. The number of rotatable bonds is 4. The second-order valence-corrected chi connectivity index (χ2v) is 7.80. The standard InChI is InChI=1S/C14H21N3O3S/c1-12(21(2,19)20)14(18)17-8-6-16(7-9-17)11-13-4-3-5-15-10-13/h3-5,10,12H,6-9,11H2,1-2H3/t12-/m1/s1. The monoisotopic (exact) mass is 311 g/mol. The molecule has 0 aliphatic carbocycles. The van der Waals surface area contributed by atoms with Gasteiger partial charge in [-0.05, 0) is 18.6 Å². The first-order valence-corrected chi connectivity index (χ1v) is 8.92. The summed E-state index contributed by atoms with van der Waals surface area (Å²) in [6, 6.07) is 3.93. The summed E-state index contributed by atoms with van der Waals surface area (Å²) in [5, 5.41) is -0.956. The van der Waals surface area contributed by atoms with E-state index in [1.807, 2.05) is 18.3 Å². The number of pyridine rings is 1. The van der Waals surface area contributed by atoms with Gasteiger partial charge in [0.25, 0.3) is 0 Å². The third kappa shape index (κ3) is 4.25. The largest absolute Gasteiger partial charge is 0.339 e. The van der Waals surface area contributed by atoms with Crippen LogP contribution in [-0.4, -0.2) is 66.8 Å². The van der Waals surface area contributed by atoms with Crippen molar-refractivity contribution in [1.82, 2.24) is 14.8 Å². The highest BCUT2D eigenvalue weighted by Crippen LogP contribution is 2.10. The van der Waals surface area contributed by atoms with Gasteiger partial charge in [-0.25, -0.2) is 8.42 Å². The third-order valence-electron chi connectivity index (χ3n) is 3.80. The molecular formula is C14H21N3O3S. The van der Waals surface area contributed by atoms with Crippen LogP contribution in [0.3, 0.4) is 0 Å². The molecule has 0 aromatic carbocycles. The summed E-state index contributed by atoms with van der Waals surface area (Å²) in [6.07, 6.45) is 4.68. The molecule has 0 bridgehead atoms. The summed E-state index contributed by atoms with van der Waals surface area (Å²) in [5.41, 5.74) is 1.14. The predicted molar refractivity (Wildman–Crippen MR) is 80.4 cm³/mol. The van der Waals surface area contributed by atoms with E-state index in [1.165, 1.54) is 6.92 Å². The van der Waals surface area contributed by atoms with Crippen LogP contribution in [0.25, 0.3) is 0 Å². The number of hydrogen-bond donors (Lipinski definition) is 0. The van der Waals surface area contributed by atoms with Gasteiger partial charge in [0.15, 0.2) is 9.84 Å². The number of amides is 1. The fraction of sp³-hybridized carbons (Fsp3) is 0.571. The van der Waals surface area contributed by atoms with Crippen LogP contribution in [0.5, 0.6) is 0 Å². The quantitative estimate of drug-likeness (QED) is 0.792. The topological polar surface area (TPSA) is 70.6 Å². The molecular weight excluding hydrogens is 290 g/mol. The highest BCUT2D eigenvalue weighted by Gasteiger charge is 2.30. The molecule has 0 N–H and O–H groups in total. The molecule has 21 heavy (non-hydrogen) atoms. The van der Waals surface area contributed by atoms with Crippen molar-refractivity contribution in [2.75, 3.05) is 32.4 Å². The van der Waals surface area contributed by atoms with Crippen LogP contribution >= 0.6 is 0 Å². The van der Waals surface area contributed by atoms with Gasteiger partial charge in [0.1, 0.15) is 5.25 Å². The zero-order valence-electron chi connectivity index (χ0n) is 12.4. The highest BCUT2D eigenvalue weighted by molar-refractivity contribution is 7.92. The molecule has 2 heterocycles. The first-order valence-electron chi connectivity index (χ1n) is 6.97. The molecule has 1 aliphatic rings. The number of piperazine rings is 1. The third-order valence-corrected chi connectivity index (χ3v) is 5.29. The molecule has 0 saturated carbocycles. The van der Waals surface area contributed by atoms with E-state index in [4.69, 9.17) is 0 Å². The Hall–Kier alpha value is -1.47. The minimum absolute atomic E-state index is 0.293. The van der Waals surface area contributed by atoms with Gasteiger partial charge in [0, 0.05) is 51.4 Å². The minimum Gasteiger partial charge on any atom is -0.339 e. The molecule has 1 fully saturated rings. The molecule has 1 atom stereocenters. The van der Waals surface area contributed by atoms with E-state index in [0.29, 0.717) is 13.1 Å². The molecule has 1 aromatic heterocycles. The lowest BCUT2D eigenvalue weighted by molar-refractivity contribution is -0.132. The van der Waals surface area contributed by atoms with Gasteiger partial charge in [0.05, 0.1) is 0 Å². The first-order chi connectivity index (χ1) is 9.88. The predicted octanol–water partition coefficient (Wildman–Crippen LogP) is 0.159. The maximum Gasteiger partial charge on any atom is 0.240 e. The lowest BCUT2D eigenvalue weighted by Gasteiger charge is -2.35. The number of nitrogens with zero attached hydrogens (tertiary/aromatic N) is 3. The van der Waals surface area contributed by atoms with Crippen molar-refractivity contribution >= 4 is 15.7 Å². The van der Waals surface area contributed by atoms with Gasteiger partial charge in [-0.15, -0.1) is 0 Å². The summed E-state index contributed by atoms with van der Waals surface area (Å²) in [7, 11) is -3.33. The van der Waals surface area contributed by atoms with Gasteiger partial charge < -0.3 is 4.90 Å². The smallest absolute Gasteiger partial charge is 0.240 e. The lowest BCUT2D eigenvalue weighted by Crippen LogP contribution is -2.51. The van der Waals surface area contributed by atoms with E-state index < -0.39 is 15.1 Å². The van der Waals surface area contributed by atoms with E-state index in [9.17, 15) is 13.2 Å². The summed E-state index contributed by atoms with van der Waals surface area (Å²) >= 11 is 0. The molecule has 1 aliphatic heterocycles. The zero-order valence-corrected chi connectivity index (χ0v) is 13.2.